The number of hydroxylamine groups is 1. The molecular formula is C14H18N2O5. The highest BCUT2D eigenvalue weighted by molar-refractivity contribution is 5.73. The van der Waals surface area contributed by atoms with Crippen molar-refractivity contribution in [3.05, 3.63) is 35.9 Å². The van der Waals surface area contributed by atoms with Gasteiger partial charge in [0.1, 0.15) is 12.8 Å². The highest BCUT2D eigenvalue weighted by atomic mass is 16.6. The lowest BCUT2D eigenvalue weighted by Crippen LogP contribution is -2.51. The monoisotopic (exact) mass is 294 g/mol. The number of amides is 1. The summed E-state index contributed by atoms with van der Waals surface area (Å²) >= 11 is 0. The summed E-state index contributed by atoms with van der Waals surface area (Å²) in [5.41, 5.74) is 3.40. The van der Waals surface area contributed by atoms with Crippen molar-refractivity contribution < 1.29 is 24.3 Å². The molecule has 0 bridgehead atoms. The zero-order valence-corrected chi connectivity index (χ0v) is 11.5. The van der Waals surface area contributed by atoms with Crippen molar-refractivity contribution in [3.63, 3.8) is 0 Å². The van der Waals surface area contributed by atoms with Crippen molar-refractivity contribution in [2.75, 3.05) is 6.61 Å². The van der Waals surface area contributed by atoms with Gasteiger partial charge in [0.2, 0.25) is 0 Å². The standard InChI is InChI=1S/C14H18N2O5/c17-13(18)11-7-4-8-21-16-12(11)15-14(19)20-9-10-5-2-1-3-6-10/h1-3,5-6,11-12,16H,4,7-9H2,(H,15,19)(H,17,18). The van der Waals surface area contributed by atoms with Gasteiger partial charge in [-0.3, -0.25) is 9.63 Å². The third kappa shape index (κ3) is 4.73. The van der Waals surface area contributed by atoms with E-state index >= 15 is 0 Å². The molecule has 1 aromatic carbocycles. The molecule has 2 atom stereocenters. The van der Waals surface area contributed by atoms with Gasteiger partial charge in [0, 0.05) is 0 Å². The van der Waals surface area contributed by atoms with Crippen LogP contribution in [0, 0.1) is 5.92 Å². The number of carbonyl (C=O) groups is 2. The SMILES string of the molecule is O=C(NC1NOCCCC1C(=O)O)OCc1ccccc1. The van der Waals surface area contributed by atoms with E-state index in [9.17, 15) is 9.59 Å². The highest BCUT2D eigenvalue weighted by Crippen LogP contribution is 2.14. The fraction of sp³-hybridized carbons (Fsp3) is 0.429. The van der Waals surface area contributed by atoms with E-state index in [-0.39, 0.29) is 6.61 Å². The Labute approximate surface area is 122 Å². The van der Waals surface area contributed by atoms with Crippen LogP contribution in [0.5, 0.6) is 0 Å². The Hall–Kier alpha value is -2.12. The van der Waals surface area contributed by atoms with Crippen LogP contribution in [0.15, 0.2) is 30.3 Å². The van der Waals surface area contributed by atoms with Crippen LogP contribution in [-0.4, -0.2) is 29.9 Å². The van der Waals surface area contributed by atoms with E-state index in [0.29, 0.717) is 19.4 Å². The number of carboxylic acids is 1. The molecule has 2 rings (SSSR count). The Morgan fingerprint density at radius 3 is 2.86 bits per heavy atom. The van der Waals surface area contributed by atoms with Crippen molar-refractivity contribution in [1.29, 1.82) is 0 Å². The van der Waals surface area contributed by atoms with Gasteiger partial charge in [0.15, 0.2) is 0 Å². The van der Waals surface area contributed by atoms with Crippen LogP contribution in [0.4, 0.5) is 4.79 Å². The normalized spacial score (nSPS) is 22.1. The summed E-state index contributed by atoms with van der Waals surface area (Å²) in [6, 6.07) is 9.23. The summed E-state index contributed by atoms with van der Waals surface area (Å²) < 4.78 is 5.06. The molecule has 1 heterocycles. The van der Waals surface area contributed by atoms with Gasteiger partial charge >= 0.3 is 12.1 Å². The predicted molar refractivity (Wildman–Crippen MR) is 73.0 cm³/mol. The van der Waals surface area contributed by atoms with E-state index in [4.69, 9.17) is 14.7 Å². The molecule has 0 spiro atoms. The summed E-state index contributed by atoms with van der Waals surface area (Å²) in [5.74, 6) is -1.74. The quantitative estimate of drug-likeness (QED) is 0.773. The molecule has 1 amide bonds. The molecule has 7 heteroatoms. The van der Waals surface area contributed by atoms with Crippen LogP contribution in [-0.2, 0) is 21.0 Å². The van der Waals surface area contributed by atoms with Gasteiger partial charge in [-0.1, -0.05) is 30.3 Å². The second-order valence-corrected chi connectivity index (χ2v) is 4.74. The maximum absolute atomic E-state index is 11.7. The van der Waals surface area contributed by atoms with E-state index < -0.39 is 24.1 Å². The summed E-state index contributed by atoms with van der Waals surface area (Å²) in [6.45, 7) is 0.527. The van der Waals surface area contributed by atoms with Gasteiger partial charge in [0.05, 0.1) is 12.5 Å². The summed E-state index contributed by atoms with van der Waals surface area (Å²) in [4.78, 5) is 28.0. The summed E-state index contributed by atoms with van der Waals surface area (Å²) in [6.07, 6.45) is -0.464. The van der Waals surface area contributed by atoms with Crippen molar-refractivity contribution in [2.24, 2.45) is 5.92 Å². The molecule has 114 valence electrons. The van der Waals surface area contributed by atoms with Crippen LogP contribution in [0.25, 0.3) is 0 Å². The molecule has 0 aliphatic carbocycles. The van der Waals surface area contributed by atoms with E-state index in [1.54, 1.807) is 0 Å². The lowest BCUT2D eigenvalue weighted by molar-refractivity contribution is -0.144. The molecule has 3 N–H and O–H groups in total. The molecule has 0 aromatic heterocycles. The van der Waals surface area contributed by atoms with Crippen molar-refractivity contribution in [3.8, 4) is 0 Å². The maximum Gasteiger partial charge on any atom is 0.408 e. The predicted octanol–water partition coefficient (Wildman–Crippen LogP) is 1.25. The highest BCUT2D eigenvalue weighted by Gasteiger charge is 2.31. The fourth-order valence-electron chi connectivity index (χ4n) is 2.06. The number of rotatable bonds is 4. The molecule has 0 radical (unpaired) electrons. The van der Waals surface area contributed by atoms with Gasteiger partial charge in [-0.15, -0.1) is 0 Å². The first-order chi connectivity index (χ1) is 10.2. The lowest BCUT2D eigenvalue weighted by atomic mass is 10.0. The lowest BCUT2D eigenvalue weighted by Gasteiger charge is -2.22. The zero-order chi connectivity index (χ0) is 15.1. The molecular weight excluding hydrogens is 276 g/mol. The average molecular weight is 294 g/mol. The first-order valence-corrected chi connectivity index (χ1v) is 6.74. The minimum Gasteiger partial charge on any atom is -0.481 e. The number of hydrogen-bond acceptors (Lipinski definition) is 5. The number of ether oxygens (including phenoxy) is 1. The Morgan fingerprint density at radius 2 is 2.14 bits per heavy atom. The first kappa shape index (κ1) is 15.3. The fourth-order valence-corrected chi connectivity index (χ4v) is 2.06. The van der Waals surface area contributed by atoms with Gasteiger partial charge in [-0.2, -0.15) is 5.48 Å². The second kappa shape index (κ2) is 7.61. The maximum atomic E-state index is 11.7. The minimum atomic E-state index is -0.985. The molecule has 7 nitrogen and oxygen atoms in total. The number of nitrogens with one attached hydrogen (secondary N) is 2. The van der Waals surface area contributed by atoms with Crippen LogP contribution in [0.2, 0.25) is 0 Å². The average Bonchev–Trinajstić information content (AvgIpc) is 2.72. The summed E-state index contributed by atoms with van der Waals surface area (Å²) in [5, 5.41) is 11.6. The van der Waals surface area contributed by atoms with Crippen molar-refractivity contribution in [1.82, 2.24) is 10.8 Å². The van der Waals surface area contributed by atoms with E-state index in [1.807, 2.05) is 30.3 Å². The largest absolute Gasteiger partial charge is 0.481 e. The van der Waals surface area contributed by atoms with E-state index in [1.165, 1.54) is 0 Å². The summed E-state index contributed by atoms with van der Waals surface area (Å²) in [7, 11) is 0. The van der Waals surface area contributed by atoms with Crippen LogP contribution >= 0.6 is 0 Å². The van der Waals surface area contributed by atoms with E-state index in [0.717, 1.165) is 5.56 Å². The molecule has 1 fully saturated rings. The number of alkyl carbamates (subject to hydrolysis) is 1. The zero-order valence-electron chi connectivity index (χ0n) is 11.5. The van der Waals surface area contributed by atoms with E-state index in [2.05, 4.69) is 10.8 Å². The van der Waals surface area contributed by atoms with Gasteiger partial charge in [-0.25, -0.2) is 4.79 Å². The van der Waals surface area contributed by atoms with Gasteiger partial charge in [0.25, 0.3) is 0 Å². The first-order valence-electron chi connectivity index (χ1n) is 6.74. The molecule has 1 saturated heterocycles. The van der Waals surface area contributed by atoms with Crippen molar-refractivity contribution >= 4 is 12.1 Å². The number of carboxylic acid groups (broad SMARTS) is 1. The topological polar surface area (TPSA) is 96.9 Å². The Morgan fingerprint density at radius 1 is 1.38 bits per heavy atom. The molecule has 1 aliphatic rings. The third-order valence-corrected chi connectivity index (χ3v) is 3.18. The second-order valence-electron chi connectivity index (χ2n) is 4.74. The number of carbonyl (C=O) groups excluding carboxylic acids is 1. The van der Waals surface area contributed by atoms with Crippen LogP contribution < -0.4 is 10.8 Å². The minimum absolute atomic E-state index is 0.123. The Bertz CT molecular complexity index is 480. The van der Waals surface area contributed by atoms with Gasteiger partial charge in [-0.05, 0) is 18.4 Å². The van der Waals surface area contributed by atoms with Gasteiger partial charge < -0.3 is 15.2 Å². The van der Waals surface area contributed by atoms with Crippen LogP contribution in [0.1, 0.15) is 18.4 Å². The smallest absolute Gasteiger partial charge is 0.408 e. The molecule has 2 unspecified atom stereocenters. The molecule has 21 heavy (non-hydrogen) atoms. The van der Waals surface area contributed by atoms with Crippen LogP contribution in [0.3, 0.4) is 0 Å². The number of hydrogen-bond donors (Lipinski definition) is 3. The third-order valence-electron chi connectivity index (χ3n) is 3.18. The Kier molecular flexibility index (Phi) is 5.53. The molecule has 1 aliphatic heterocycles. The molecule has 1 aromatic rings. The number of benzene rings is 1. The van der Waals surface area contributed by atoms with Crippen molar-refractivity contribution in [2.45, 2.75) is 25.6 Å². The Balaban J connectivity index is 1.86. The molecule has 0 saturated carbocycles. The number of aliphatic carboxylic acids is 1.